The maximum atomic E-state index is 10.5. The zero-order chi connectivity index (χ0) is 10.7. The number of aliphatic carboxylic acids is 1. The molecular weight excluding hydrogens is 200 g/mol. The van der Waals surface area contributed by atoms with Gasteiger partial charge in [-0.3, -0.25) is 4.79 Å². The minimum Gasteiger partial charge on any atom is -0.481 e. The van der Waals surface area contributed by atoms with Gasteiger partial charge in [0, 0.05) is 6.23 Å². The van der Waals surface area contributed by atoms with Crippen LogP contribution in [-0.4, -0.2) is 33.7 Å². The Balaban J connectivity index is 3.96. The Morgan fingerprint density at radius 3 is 2.00 bits per heavy atom. The molecule has 0 fully saturated rings. The quantitative estimate of drug-likeness (QED) is 0.722. The lowest BCUT2D eigenvalue weighted by molar-refractivity contribution is -0.134. The number of hydrogen-bond acceptors (Lipinski definition) is 2. The highest BCUT2D eigenvalue weighted by atomic mass is 28.4. The lowest BCUT2D eigenvalue weighted by atomic mass is 10.8. The standard InChI is InChI=1S/C8H20O3Si2/c1-12(2,3)7-11-13(4,5)6-8(9)10/h6-7H2,1-5H3,(H,9,10). The third kappa shape index (κ3) is 8.20. The summed E-state index contributed by atoms with van der Waals surface area (Å²) in [5.41, 5.74) is 0. The van der Waals surface area contributed by atoms with Gasteiger partial charge in [-0.05, 0) is 13.1 Å². The molecule has 5 heteroatoms. The minimum absolute atomic E-state index is 0.206. The van der Waals surface area contributed by atoms with Gasteiger partial charge in [0.25, 0.3) is 0 Å². The van der Waals surface area contributed by atoms with E-state index >= 15 is 0 Å². The molecule has 0 amide bonds. The molecule has 13 heavy (non-hydrogen) atoms. The summed E-state index contributed by atoms with van der Waals surface area (Å²) >= 11 is 0. The molecular formula is C8H20O3Si2. The first-order valence-corrected chi connectivity index (χ1v) is 11.3. The van der Waals surface area contributed by atoms with Crippen molar-refractivity contribution in [3.05, 3.63) is 0 Å². The average molecular weight is 220 g/mol. The molecule has 78 valence electrons. The van der Waals surface area contributed by atoms with Gasteiger partial charge in [-0.2, -0.15) is 0 Å². The minimum atomic E-state index is -1.94. The molecule has 1 N–H and O–H groups in total. The molecule has 0 bridgehead atoms. The van der Waals surface area contributed by atoms with Gasteiger partial charge in [0.05, 0.1) is 14.1 Å². The van der Waals surface area contributed by atoms with Crippen LogP contribution in [0.15, 0.2) is 0 Å². The van der Waals surface area contributed by atoms with E-state index in [-0.39, 0.29) is 6.04 Å². The third-order valence-corrected chi connectivity index (χ3v) is 4.85. The van der Waals surface area contributed by atoms with Crippen LogP contribution in [0.2, 0.25) is 38.8 Å². The summed E-state index contributed by atoms with van der Waals surface area (Å²) in [6.45, 7) is 10.6. The Morgan fingerprint density at radius 1 is 1.23 bits per heavy atom. The summed E-state index contributed by atoms with van der Waals surface area (Å²) in [7, 11) is -3.14. The fourth-order valence-electron chi connectivity index (χ4n) is 0.827. The highest BCUT2D eigenvalue weighted by Gasteiger charge is 2.28. The van der Waals surface area contributed by atoms with Crippen molar-refractivity contribution in [3.63, 3.8) is 0 Å². The largest absolute Gasteiger partial charge is 0.481 e. The first-order chi connectivity index (χ1) is 5.62. The van der Waals surface area contributed by atoms with Crippen LogP contribution in [-0.2, 0) is 9.22 Å². The van der Waals surface area contributed by atoms with E-state index in [1.54, 1.807) is 0 Å². The predicted molar refractivity (Wildman–Crippen MR) is 59.2 cm³/mol. The van der Waals surface area contributed by atoms with Gasteiger partial charge in [0.1, 0.15) is 0 Å². The van der Waals surface area contributed by atoms with Crippen LogP contribution >= 0.6 is 0 Å². The van der Waals surface area contributed by atoms with Gasteiger partial charge < -0.3 is 9.53 Å². The summed E-state index contributed by atoms with van der Waals surface area (Å²) in [5.74, 6) is -0.743. The zero-order valence-corrected chi connectivity index (χ0v) is 11.2. The second kappa shape index (κ2) is 4.39. The van der Waals surface area contributed by atoms with E-state index in [1.807, 2.05) is 13.1 Å². The van der Waals surface area contributed by atoms with Crippen molar-refractivity contribution >= 4 is 22.4 Å². The summed E-state index contributed by atoms with van der Waals surface area (Å²) < 4.78 is 5.72. The normalized spacial score (nSPS) is 13.0. The molecule has 0 aliphatic heterocycles. The summed E-state index contributed by atoms with van der Waals surface area (Å²) in [6, 6.07) is 0.206. The third-order valence-electron chi connectivity index (χ3n) is 1.47. The fourth-order valence-corrected chi connectivity index (χ4v) is 4.95. The van der Waals surface area contributed by atoms with Gasteiger partial charge in [-0.1, -0.05) is 19.6 Å². The maximum Gasteiger partial charge on any atom is 0.302 e. The Morgan fingerprint density at radius 2 is 1.69 bits per heavy atom. The zero-order valence-electron chi connectivity index (χ0n) is 9.18. The molecule has 3 nitrogen and oxygen atoms in total. The van der Waals surface area contributed by atoms with E-state index in [9.17, 15) is 4.79 Å². The molecule has 0 saturated carbocycles. The van der Waals surface area contributed by atoms with E-state index in [0.29, 0.717) is 0 Å². The fraction of sp³-hybridized carbons (Fsp3) is 0.875. The lowest BCUT2D eigenvalue weighted by Crippen LogP contribution is -2.40. The lowest BCUT2D eigenvalue weighted by Gasteiger charge is -2.25. The van der Waals surface area contributed by atoms with Crippen molar-refractivity contribution in [2.45, 2.75) is 38.8 Å². The first kappa shape index (κ1) is 12.9. The molecule has 0 radical (unpaired) electrons. The second-order valence-corrected chi connectivity index (χ2v) is 14.8. The molecule has 0 heterocycles. The monoisotopic (exact) mass is 220 g/mol. The van der Waals surface area contributed by atoms with E-state index in [2.05, 4.69) is 19.6 Å². The highest BCUT2D eigenvalue weighted by molar-refractivity contribution is 6.78. The molecule has 0 unspecified atom stereocenters. The number of carbonyl (C=O) groups is 1. The van der Waals surface area contributed by atoms with Crippen LogP contribution in [0.1, 0.15) is 0 Å². The molecule has 0 aliphatic carbocycles. The van der Waals surface area contributed by atoms with Crippen LogP contribution < -0.4 is 0 Å². The second-order valence-electron chi connectivity index (χ2n) is 5.18. The molecule has 0 spiro atoms. The Labute approximate surface area is 82.2 Å². The van der Waals surface area contributed by atoms with Gasteiger partial charge in [-0.25, -0.2) is 0 Å². The Kier molecular flexibility index (Phi) is 4.34. The molecule has 0 rings (SSSR count). The predicted octanol–water partition coefficient (Wildman–Crippen LogP) is 2.17. The van der Waals surface area contributed by atoms with Crippen molar-refractivity contribution in [1.82, 2.24) is 0 Å². The molecule has 0 atom stereocenters. The first-order valence-electron chi connectivity index (χ1n) is 4.48. The number of rotatable bonds is 5. The number of hydrogen-bond donors (Lipinski definition) is 1. The maximum absolute atomic E-state index is 10.5. The van der Waals surface area contributed by atoms with E-state index in [1.165, 1.54) is 0 Å². The molecule has 0 aromatic carbocycles. The van der Waals surface area contributed by atoms with Crippen molar-refractivity contribution in [1.29, 1.82) is 0 Å². The smallest absolute Gasteiger partial charge is 0.302 e. The van der Waals surface area contributed by atoms with Crippen molar-refractivity contribution in [2.24, 2.45) is 0 Å². The number of carboxylic acids is 1. The summed E-state index contributed by atoms with van der Waals surface area (Å²) in [6.07, 6.45) is 0.777. The van der Waals surface area contributed by atoms with Crippen LogP contribution in [0.25, 0.3) is 0 Å². The van der Waals surface area contributed by atoms with Gasteiger partial charge in [0.15, 0.2) is 8.32 Å². The SMILES string of the molecule is C[Si](C)(C)CO[Si](C)(C)CC(=O)O. The van der Waals surface area contributed by atoms with Crippen molar-refractivity contribution in [3.8, 4) is 0 Å². The Hall–Kier alpha value is -0.136. The average Bonchev–Trinajstić information content (AvgIpc) is 1.79. The molecule has 0 aromatic rings. The van der Waals surface area contributed by atoms with Crippen LogP contribution in [0.3, 0.4) is 0 Å². The van der Waals surface area contributed by atoms with Crippen molar-refractivity contribution in [2.75, 3.05) is 6.23 Å². The molecule has 0 saturated heterocycles. The van der Waals surface area contributed by atoms with Crippen LogP contribution in [0, 0.1) is 0 Å². The van der Waals surface area contributed by atoms with E-state index in [0.717, 1.165) is 6.23 Å². The van der Waals surface area contributed by atoms with Gasteiger partial charge in [0.2, 0.25) is 0 Å². The number of carboxylic acid groups (broad SMARTS) is 1. The topological polar surface area (TPSA) is 46.5 Å². The van der Waals surface area contributed by atoms with Gasteiger partial charge in [-0.15, -0.1) is 0 Å². The summed E-state index contributed by atoms with van der Waals surface area (Å²) in [4.78, 5) is 10.5. The molecule has 0 aliphatic rings. The van der Waals surface area contributed by atoms with E-state index in [4.69, 9.17) is 9.53 Å². The summed E-state index contributed by atoms with van der Waals surface area (Å²) in [5, 5.41) is 8.64. The van der Waals surface area contributed by atoms with Crippen LogP contribution in [0.4, 0.5) is 0 Å². The van der Waals surface area contributed by atoms with Gasteiger partial charge >= 0.3 is 5.97 Å². The van der Waals surface area contributed by atoms with Crippen LogP contribution in [0.5, 0.6) is 0 Å². The Bertz CT molecular complexity index is 184. The van der Waals surface area contributed by atoms with E-state index < -0.39 is 22.4 Å². The van der Waals surface area contributed by atoms with Crippen molar-refractivity contribution < 1.29 is 14.3 Å². The molecule has 0 aromatic heterocycles. The highest BCUT2D eigenvalue weighted by Crippen LogP contribution is 2.13.